The summed E-state index contributed by atoms with van der Waals surface area (Å²) in [6.07, 6.45) is 2.79. The molecule has 1 aromatic carbocycles. The Kier molecular flexibility index (Phi) is 2.94. The molecule has 0 spiro atoms. The first-order chi connectivity index (χ1) is 7.90. The van der Waals surface area contributed by atoms with Crippen molar-refractivity contribution in [3.05, 3.63) is 35.9 Å². The van der Waals surface area contributed by atoms with Crippen LogP contribution in [-0.2, 0) is 6.54 Å². The van der Waals surface area contributed by atoms with Crippen LogP contribution < -0.4 is 5.32 Å². The Morgan fingerprint density at radius 2 is 2.00 bits per heavy atom. The van der Waals surface area contributed by atoms with E-state index in [0.717, 1.165) is 18.5 Å². The molecule has 4 rings (SSSR count). The molecule has 0 unspecified atom stereocenters. The Labute approximate surface area is 97.6 Å². The molecule has 0 aliphatic carbocycles. The minimum absolute atomic E-state index is 0.738. The van der Waals surface area contributed by atoms with Crippen LogP contribution in [0.1, 0.15) is 18.4 Å². The maximum atomic E-state index is 3.66. The average Bonchev–Trinajstić information content (AvgIpc) is 2.62. The molecule has 0 amide bonds. The van der Waals surface area contributed by atoms with Crippen molar-refractivity contribution in [2.45, 2.75) is 25.4 Å². The predicted octanol–water partition coefficient (Wildman–Crippen LogP) is 1.87. The van der Waals surface area contributed by atoms with E-state index in [-0.39, 0.29) is 0 Å². The lowest BCUT2D eigenvalue weighted by Gasteiger charge is -2.23. The number of nitrogens with one attached hydrogen (secondary N) is 1. The summed E-state index contributed by atoms with van der Waals surface area (Å²) in [5.74, 6) is 0.877. The SMILES string of the molecule is c1ccc(CN2C[C@H]3CC[C@@H](C2)NC3)cc1. The van der Waals surface area contributed by atoms with Gasteiger partial charge in [0.05, 0.1) is 0 Å². The summed E-state index contributed by atoms with van der Waals surface area (Å²) in [6, 6.07) is 11.6. The third-order valence-corrected chi connectivity index (χ3v) is 3.86. The van der Waals surface area contributed by atoms with Crippen molar-refractivity contribution in [1.82, 2.24) is 10.2 Å². The van der Waals surface area contributed by atoms with E-state index < -0.39 is 0 Å². The highest BCUT2D eigenvalue weighted by molar-refractivity contribution is 5.14. The normalized spacial score (nSPS) is 30.2. The van der Waals surface area contributed by atoms with Gasteiger partial charge in [-0.15, -0.1) is 0 Å². The minimum Gasteiger partial charge on any atom is -0.312 e. The van der Waals surface area contributed by atoms with Crippen LogP contribution in [-0.4, -0.2) is 30.6 Å². The number of hydrogen-bond acceptors (Lipinski definition) is 2. The molecule has 3 aliphatic rings. The van der Waals surface area contributed by atoms with Crippen LogP contribution in [0.4, 0.5) is 0 Å². The van der Waals surface area contributed by atoms with E-state index in [9.17, 15) is 0 Å². The smallest absolute Gasteiger partial charge is 0.0234 e. The van der Waals surface area contributed by atoms with Crippen molar-refractivity contribution in [1.29, 1.82) is 0 Å². The zero-order valence-corrected chi connectivity index (χ0v) is 9.73. The highest BCUT2D eigenvalue weighted by Gasteiger charge is 2.28. The van der Waals surface area contributed by atoms with Gasteiger partial charge in [0.25, 0.3) is 0 Å². The van der Waals surface area contributed by atoms with Gasteiger partial charge in [0.15, 0.2) is 0 Å². The summed E-state index contributed by atoms with van der Waals surface area (Å²) < 4.78 is 0. The van der Waals surface area contributed by atoms with E-state index >= 15 is 0 Å². The lowest BCUT2D eigenvalue weighted by molar-refractivity contribution is 0.256. The molecular formula is C14H20N2. The van der Waals surface area contributed by atoms with Crippen LogP contribution in [0.25, 0.3) is 0 Å². The molecule has 3 heterocycles. The van der Waals surface area contributed by atoms with Gasteiger partial charge in [-0.3, -0.25) is 4.90 Å². The van der Waals surface area contributed by atoms with Gasteiger partial charge < -0.3 is 5.32 Å². The van der Waals surface area contributed by atoms with Crippen LogP contribution in [0.2, 0.25) is 0 Å². The highest BCUT2D eigenvalue weighted by Crippen LogP contribution is 2.22. The van der Waals surface area contributed by atoms with Gasteiger partial charge in [0, 0.05) is 25.7 Å². The van der Waals surface area contributed by atoms with E-state index in [4.69, 9.17) is 0 Å². The molecule has 86 valence electrons. The molecule has 1 N–H and O–H groups in total. The largest absolute Gasteiger partial charge is 0.312 e. The van der Waals surface area contributed by atoms with Gasteiger partial charge in [-0.2, -0.15) is 0 Å². The van der Waals surface area contributed by atoms with Crippen LogP contribution in [0.3, 0.4) is 0 Å². The molecule has 2 bridgehead atoms. The maximum Gasteiger partial charge on any atom is 0.0234 e. The van der Waals surface area contributed by atoms with Gasteiger partial charge in [-0.05, 0) is 30.9 Å². The van der Waals surface area contributed by atoms with E-state index in [2.05, 4.69) is 40.5 Å². The third-order valence-electron chi connectivity index (χ3n) is 3.86. The van der Waals surface area contributed by atoms with Crippen molar-refractivity contribution < 1.29 is 0 Å². The van der Waals surface area contributed by atoms with Gasteiger partial charge in [0.2, 0.25) is 0 Å². The Hall–Kier alpha value is -0.860. The number of piperidine rings is 1. The molecule has 0 saturated carbocycles. The third kappa shape index (κ3) is 2.28. The van der Waals surface area contributed by atoms with Crippen LogP contribution in [0.15, 0.2) is 30.3 Å². The lowest BCUT2D eigenvalue weighted by Crippen LogP contribution is -2.39. The topological polar surface area (TPSA) is 15.3 Å². The number of fused-ring (bicyclic) bond motifs is 4. The standard InChI is InChI=1S/C14H20N2/c1-2-4-12(5-3-1)9-16-10-13-6-7-14(11-16)15-8-13/h1-5,13-15H,6-11H2/t13-,14-/m0/s1. The number of benzene rings is 1. The maximum absolute atomic E-state index is 3.66. The zero-order chi connectivity index (χ0) is 10.8. The second-order valence-corrected chi connectivity index (χ2v) is 5.23. The Balaban J connectivity index is 1.67. The fourth-order valence-corrected chi connectivity index (χ4v) is 3.01. The second kappa shape index (κ2) is 4.56. The molecule has 1 aromatic rings. The van der Waals surface area contributed by atoms with E-state index in [1.54, 1.807) is 0 Å². The summed E-state index contributed by atoms with van der Waals surface area (Å²) in [5.41, 5.74) is 1.45. The van der Waals surface area contributed by atoms with Gasteiger partial charge >= 0.3 is 0 Å². The Bertz CT molecular complexity index is 314. The summed E-state index contributed by atoms with van der Waals surface area (Å²) in [6.45, 7) is 4.86. The molecule has 2 nitrogen and oxygen atoms in total. The first kappa shape index (κ1) is 10.3. The predicted molar refractivity (Wildman–Crippen MR) is 66.2 cm³/mol. The quantitative estimate of drug-likeness (QED) is 0.812. The molecule has 3 fully saturated rings. The van der Waals surface area contributed by atoms with Crippen LogP contribution in [0, 0.1) is 5.92 Å². The summed E-state index contributed by atoms with van der Waals surface area (Å²) >= 11 is 0. The van der Waals surface area contributed by atoms with Gasteiger partial charge in [-0.1, -0.05) is 30.3 Å². The fourth-order valence-electron chi connectivity index (χ4n) is 3.01. The fraction of sp³-hybridized carbons (Fsp3) is 0.571. The molecule has 2 heteroatoms. The number of hydrogen-bond donors (Lipinski definition) is 1. The first-order valence-electron chi connectivity index (χ1n) is 6.40. The number of nitrogens with zero attached hydrogens (tertiary/aromatic N) is 1. The van der Waals surface area contributed by atoms with E-state index in [1.165, 1.54) is 38.0 Å². The molecule has 0 aromatic heterocycles. The highest BCUT2D eigenvalue weighted by atomic mass is 15.2. The summed E-state index contributed by atoms with van der Waals surface area (Å²) in [5, 5.41) is 3.66. The molecule has 16 heavy (non-hydrogen) atoms. The van der Waals surface area contributed by atoms with Crippen molar-refractivity contribution in [3.63, 3.8) is 0 Å². The van der Waals surface area contributed by atoms with Crippen molar-refractivity contribution in [2.24, 2.45) is 5.92 Å². The van der Waals surface area contributed by atoms with Crippen LogP contribution in [0.5, 0.6) is 0 Å². The average molecular weight is 216 g/mol. The van der Waals surface area contributed by atoms with Crippen LogP contribution >= 0.6 is 0 Å². The van der Waals surface area contributed by atoms with Gasteiger partial charge in [-0.25, -0.2) is 0 Å². The lowest BCUT2D eigenvalue weighted by atomic mass is 9.97. The summed E-state index contributed by atoms with van der Waals surface area (Å²) in [4.78, 5) is 2.62. The molecule has 2 atom stereocenters. The van der Waals surface area contributed by atoms with E-state index in [1.807, 2.05) is 0 Å². The molecule has 3 saturated heterocycles. The van der Waals surface area contributed by atoms with Crippen molar-refractivity contribution >= 4 is 0 Å². The molecule has 0 radical (unpaired) electrons. The molecule has 3 aliphatic heterocycles. The monoisotopic (exact) mass is 216 g/mol. The number of rotatable bonds is 2. The van der Waals surface area contributed by atoms with E-state index in [0.29, 0.717) is 0 Å². The summed E-state index contributed by atoms with van der Waals surface area (Å²) in [7, 11) is 0. The minimum atomic E-state index is 0.738. The second-order valence-electron chi connectivity index (χ2n) is 5.23. The molecular weight excluding hydrogens is 196 g/mol. The Morgan fingerprint density at radius 3 is 2.75 bits per heavy atom. The van der Waals surface area contributed by atoms with Gasteiger partial charge in [0.1, 0.15) is 0 Å². The van der Waals surface area contributed by atoms with Crippen molar-refractivity contribution in [2.75, 3.05) is 19.6 Å². The Morgan fingerprint density at radius 1 is 1.12 bits per heavy atom. The first-order valence-corrected chi connectivity index (χ1v) is 6.40. The zero-order valence-electron chi connectivity index (χ0n) is 9.73. The van der Waals surface area contributed by atoms with Crippen molar-refractivity contribution in [3.8, 4) is 0 Å².